The highest BCUT2D eigenvalue weighted by Crippen LogP contribution is 2.31. The Morgan fingerprint density at radius 1 is 1.58 bits per heavy atom. The number of aliphatic hydroxyl groups is 1. The van der Waals surface area contributed by atoms with Gasteiger partial charge in [0.2, 0.25) is 0 Å². The molecule has 12 heavy (non-hydrogen) atoms. The van der Waals surface area contributed by atoms with Crippen LogP contribution in [0.4, 0.5) is 0 Å². The fourth-order valence-electron chi connectivity index (χ4n) is 1.94. The molecule has 0 aromatic carbocycles. The molecule has 1 N–H and O–H groups in total. The Morgan fingerprint density at radius 3 is 2.75 bits per heavy atom. The number of hydrogen-bond acceptors (Lipinski definition) is 2. The van der Waals surface area contributed by atoms with Crippen LogP contribution in [0.2, 0.25) is 0 Å². The third kappa shape index (κ3) is 2.76. The molecule has 0 bridgehead atoms. The van der Waals surface area contributed by atoms with Crippen molar-refractivity contribution >= 4 is 0 Å². The van der Waals surface area contributed by atoms with E-state index >= 15 is 0 Å². The van der Waals surface area contributed by atoms with Gasteiger partial charge >= 0.3 is 0 Å². The number of hydrogen-bond donors (Lipinski definition) is 1. The summed E-state index contributed by atoms with van der Waals surface area (Å²) in [6, 6.07) is 0. The highest BCUT2D eigenvalue weighted by atomic mass is 16.6. The summed E-state index contributed by atoms with van der Waals surface area (Å²) < 4.78 is 5.40. The van der Waals surface area contributed by atoms with Crippen LogP contribution in [0, 0.1) is 11.8 Å². The normalized spacial score (nSPS) is 37.2. The van der Waals surface area contributed by atoms with Gasteiger partial charge in [0.05, 0.1) is 6.61 Å². The first kappa shape index (κ1) is 10.0. The molecule has 0 aliphatic carbocycles. The zero-order valence-electron chi connectivity index (χ0n) is 8.34. The van der Waals surface area contributed by atoms with Crippen LogP contribution in [0.3, 0.4) is 0 Å². The topological polar surface area (TPSA) is 29.5 Å². The predicted molar refractivity (Wildman–Crippen MR) is 48.8 cm³/mol. The van der Waals surface area contributed by atoms with Crippen LogP contribution in [0.25, 0.3) is 0 Å². The second kappa shape index (κ2) is 3.75. The van der Waals surface area contributed by atoms with E-state index < -0.39 is 5.79 Å². The Balaban J connectivity index is 2.45. The fraction of sp³-hybridized carbons (Fsp3) is 1.00. The highest BCUT2D eigenvalue weighted by molar-refractivity contribution is 4.76. The molecule has 0 aromatic heterocycles. The summed E-state index contributed by atoms with van der Waals surface area (Å²) in [4.78, 5) is 0. The second-order valence-corrected chi connectivity index (χ2v) is 4.49. The van der Waals surface area contributed by atoms with E-state index in [1.807, 2.05) is 0 Å². The maximum Gasteiger partial charge on any atom is 0.165 e. The van der Waals surface area contributed by atoms with Gasteiger partial charge in [0.15, 0.2) is 5.79 Å². The zero-order chi connectivity index (χ0) is 9.19. The van der Waals surface area contributed by atoms with E-state index in [4.69, 9.17) is 4.74 Å². The van der Waals surface area contributed by atoms with Gasteiger partial charge < -0.3 is 9.84 Å². The molecule has 1 heterocycles. The van der Waals surface area contributed by atoms with E-state index in [1.165, 1.54) is 0 Å². The molecule has 0 saturated carbocycles. The molecule has 1 rings (SSSR count). The summed E-state index contributed by atoms with van der Waals surface area (Å²) in [6.07, 6.45) is 2.64. The minimum Gasteiger partial charge on any atom is -0.365 e. The lowest BCUT2D eigenvalue weighted by atomic mass is 9.90. The Bertz CT molecular complexity index is 141. The van der Waals surface area contributed by atoms with Crippen molar-refractivity contribution in [3.8, 4) is 0 Å². The maximum absolute atomic E-state index is 9.99. The molecule has 72 valence electrons. The smallest absolute Gasteiger partial charge is 0.165 e. The monoisotopic (exact) mass is 172 g/mol. The highest BCUT2D eigenvalue weighted by Gasteiger charge is 2.34. The van der Waals surface area contributed by atoms with Crippen molar-refractivity contribution in [2.75, 3.05) is 6.61 Å². The summed E-state index contributed by atoms with van der Waals surface area (Å²) >= 11 is 0. The second-order valence-electron chi connectivity index (χ2n) is 4.49. The molecule has 2 nitrogen and oxygen atoms in total. The average Bonchev–Trinajstić information content (AvgIpc) is 1.82. The first-order chi connectivity index (χ1) is 5.52. The van der Waals surface area contributed by atoms with E-state index in [-0.39, 0.29) is 0 Å². The molecule has 0 aromatic rings. The summed E-state index contributed by atoms with van der Waals surface area (Å²) in [6.45, 7) is 7.11. The predicted octanol–water partition coefficient (Wildman–Crippen LogP) is 2.17. The van der Waals surface area contributed by atoms with Gasteiger partial charge in [-0.1, -0.05) is 20.8 Å². The van der Waals surface area contributed by atoms with Crippen molar-refractivity contribution in [3.05, 3.63) is 0 Å². The van der Waals surface area contributed by atoms with Crippen molar-refractivity contribution < 1.29 is 9.84 Å². The molecular formula is C10H20O2. The summed E-state index contributed by atoms with van der Waals surface area (Å²) in [5.41, 5.74) is 0. The van der Waals surface area contributed by atoms with Gasteiger partial charge in [-0.05, 0) is 18.3 Å². The van der Waals surface area contributed by atoms with E-state index in [1.54, 1.807) is 0 Å². The van der Waals surface area contributed by atoms with Crippen LogP contribution in [0.5, 0.6) is 0 Å². The average molecular weight is 172 g/mol. The van der Waals surface area contributed by atoms with E-state index in [0.29, 0.717) is 18.4 Å². The Kier molecular flexibility index (Phi) is 3.13. The first-order valence-electron chi connectivity index (χ1n) is 4.88. The lowest BCUT2D eigenvalue weighted by molar-refractivity contribution is -0.242. The van der Waals surface area contributed by atoms with Crippen LogP contribution in [-0.4, -0.2) is 17.5 Å². The molecule has 1 fully saturated rings. The molecule has 2 unspecified atom stereocenters. The molecule has 0 radical (unpaired) electrons. The van der Waals surface area contributed by atoms with Gasteiger partial charge in [-0.15, -0.1) is 0 Å². The maximum atomic E-state index is 9.99. The summed E-state index contributed by atoms with van der Waals surface area (Å²) in [5.74, 6) is 0.272. The van der Waals surface area contributed by atoms with Crippen LogP contribution in [-0.2, 0) is 4.74 Å². The Morgan fingerprint density at radius 2 is 2.25 bits per heavy atom. The number of ether oxygens (including phenoxy) is 1. The van der Waals surface area contributed by atoms with Gasteiger partial charge in [-0.2, -0.15) is 0 Å². The third-order valence-electron chi connectivity index (χ3n) is 2.38. The van der Waals surface area contributed by atoms with Crippen LogP contribution in [0.15, 0.2) is 0 Å². The zero-order valence-corrected chi connectivity index (χ0v) is 8.34. The molecule has 1 aliphatic heterocycles. The lowest BCUT2D eigenvalue weighted by Crippen LogP contribution is -2.40. The van der Waals surface area contributed by atoms with Gasteiger partial charge in [0.25, 0.3) is 0 Å². The lowest BCUT2D eigenvalue weighted by Gasteiger charge is -2.36. The fourth-order valence-corrected chi connectivity index (χ4v) is 1.94. The molecule has 0 spiro atoms. The van der Waals surface area contributed by atoms with Gasteiger partial charge in [0, 0.05) is 12.8 Å². The van der Waals surface area contributed by atoms with Crippen molar-refractivity contribution in [1.82, 2.24) is 0 Å². The van der Waals surface area contributed by atoms with Crippen molar-refractivity contribution in [2.24, 2.45) is 11.8 Å². The van der Waals surface area contributed by atoms with Crippen LogP contribution < -0.4 is 0 Å². The molecule has 1 aliphatic rings. The molecule has 2 heteroatoms. The SMILES string of the molecule is CC(C)CC1(O)CC(C)CCO1. The first-order valence-corrected chi connectivity index (χ1v) is 4.88. The van der Waals surface area contributed by atoms with Crippen molar-refractivity contribution in [3.63, 3.8) is 0 Å². The molecule has 0 amide bonds. The quantitative estimate of drug-likeness (QED) is 0.691. The van der Waals surface area contributed by atoms with Crippen LogP contribution >= 0.6 is 0 Å². The molecule has 1 saturated heterocycles. The summed E-state index contributed by atoms with van der Waals surface area (Å²) in [5, 5.41) is 9.99. The summed E-state index contributed by atoms with van der Waals surface area (Å²) in [7, 11) is 0. The number of rotatable bonds is 2. The van der Waals surface area contributed by atoms with E-state index in [2.05, 4.69) is 20.8 Å². The molecular weight excluding hydrogens is 152 g/mol. The van der Waals surface area contributed by atoms with Crippen molar-refractivity contribution in [2.45, 2.75) is 45.8 Å². The minimum absolute atomic E-state index is 0.500. The van der Waals surface area contributed by atoms with Crippen LogP contribution in [0.1, 0.15) is 40.0 Å². The van der Waals surface area contributed by atoms with Gasteiger partial charge in [-0.25, -0.2) is 0 Å². The third-order valence-corrected chi connectivity index (χ3v) is 2.38. The standard InChI is InChI=1S/C10H20O2/c1-8(2)6-10(11)7-9(3)4-5-12-10/h8-9,11H,4-7H2,1-3H3. The Hall–Kier alpha value is -0.0800. The minimum atomic E-state index is -0.828. The van der Waals surface area contributed by atoms with E-state index in [9.17, 15) is 5.11 Å². The van der Waals surface area contributed by atoms with Gasteiger partial charge in [-0.3, -0.25) is 0 Å². The molecule has 2 atom stereocenters. The Labute approximate surface area is 74.9 Å². The van der Waals surface area contributed by atoms with Gasteiger partial charge in [0.1, 0.15) is 0 Å². The van der Waals surface area contributed by atoms with E-state index in [0.717, 1.165) is 19.3 Å². The largest absolute Gasteiger partial charge is 0.365 e. The van der Waals surface area contributed by atoms with Crippen molar-refractivity contribution in [1.29, 1.82) is 0 Å².